The molecule has 1 saturated carbocycles. The number of hydrogen-bond acceptors (Lipinski definition) is 5. The Morgan fingerprint density at radius 1 is 1.07 bits per heavy atom. The van der Waals surface area contributed by atoms with E-state index in [1.165, 1.54) is 18.7 Å². The second kappa shape index (κ2) is 8.21. The highest BCUT2D eigenvalue weighted by molar-refractivity contribution is 8.00. The number of Topliss-reactive ketones (excluding diaryl/α,β-unsaturated/α-hetero) is 1. The molecule has 0 spiro atoms. The number of carbonyl (C=O) groups excluding carboxylic acids is 2. The van der Waals surface area contributed by atoms with E-state index in [2.05, 4.69) is 20.1 Å². The summed E-state index contributed by atoms with van der Waals surface area (Å²) in [7, 11) is 0. The molecular formula is C22H22N4O2S. The van der Waals surface area contributed by atoms with Gasteiger partial charge in [0.25, 0.3) is 0 Å². The standard InChI is InChI=1S/C22H22N4O2S/c1-14(27)18-10-6-7-11-19(18)23-21(28)15(2)29-22-25-24-20(16-12-13-16)26(22)17-8-4-3-5-9-17/h3-11,15-16H,12-13H2,1-2H3,(H,23,28)/t15-/m1/s1. The van der Waals surface area contributed by atoms with Crippen LogP contribution in [0.5, 0.6) is 0 Å². The zero-order valence-electron chi connectivity index (χ0n) is 16.3. The molecule has 6 nitrogen and oxygen atoms in total. The summed E-state index contributed by atoms with van der Waals surface area (Å²) in [6.45, 7) is 3.32. The number of nitrogens with zero attached hydrogens (tertiary/aromatic N) is 3. The number of hydrogen-bond donors (Lipinski definition) is 1. The number of benzene rings is 2. The number of nitrogens with one attached hydrogen (secondary N) is 1. The number of carbonyl (C=O) groups is 2. The highest BCUT2D eigenvalue weighted by Gasteiger charge is 2.32. The van der Waals surface area contributed by atoms with Crippen LogP contribution in [0.3, 0.4) is 0 Å². The molecule has 0 saturated heterocycles. The topological polar surface area (TPSA) is 76.9 Å². The third kappa shape index (κ3) is 4.24. The maximum Gasteiger partial charge on any atom is 0.237 e. The molecule has 2 aromatic carbocycles. The fraction of sp³-hybridized carbons (Fsp3) is 0.273. The van der Waals surface area contributed by atoms with Crippen LogP contribution < -0.4 is 5.32 Å². The van der Waals surface area contributed by atoms with Crippen LogP contribution in [0.2, 0.25) is 0 Å². The Morgan fingerprint density at radius 2 is 1.76 bits per heavy atom. The molecule has 1 aliphatic carbocycles. The summed E-state index contributed by atoms with van der Waals surface area (Å²) in [6.07, 6.45) is 2.24. The number of rotatable bonds is 7. The van der Waals surface area contributed by atoms with Crippen molar-refractivity contribution < 1.29 is 9.59 Å². The van der Waals surface area contributed by atoms with Gasteiger partial charge < -0.3 is 5.32 Å². The molecule has 0 radical (unpaired) electrons. The van der Waals surface area contributed by atoms with Gasteiger partial charge in [0.1, 0.15) is 5.82 Å². The van der Waals surface area contributed by atoms with Gasteiger partial charge in [-0.05, 0) is 51.0 Å². The van der Waals surface area contributed by atoms with Crippen LogP contribution in [0, 0.1) is 0 Å². The van der Waals surface area contributed by atoms with Crippen LogP contribution in [-0.4, -0.2) is 31.7 Å². The van der Waals surface area contributed by atoms with Crippen molar-refractivity contribution in [3.63, 3.8) is 0 Å². The van der Waals surface area contributed by atoms with Crippen LogP contribution in [0.25, 0.3) is 5.69 Å². The Bertz CT molecular complexity index is 1040. The number of para-hydroxylation sites is 2. The molecule has 1 heterocycles. The molecular weight excluding hydrogens is 384 g/mol. The first-order chi connectivity index (χ1) is 14.0. The van der Waals surface area contributed by atoms with Crippen LogP contribution in [0.15, 0.2) is 59.8 Å². The van der Waals surface area contributed by atoms with Gasteiger partial charge in [0, 0.05) is 17.2 Å². The zero-order valence-corrected chi connectivity index (χ0v) is 17.1. The quantitative estimate of drug-likeness (QED) is 0.463. The molecule has 0 bridgehead atoms. The Kier molecular flexibility index (Phi) is 5.49. The van der Waals surface area contributed by atoms with Gasteiger partial charge in [0.15, 0.2) is 10.9 Å². The number of anilines is 1. The smallest absolute Gasteiger partial charge is 0.237 e. The van der Waals surface area contributed by atoms with Crippen molar-refractivity contribution in [3.05, 3.63) is 66.0 Å². The normalized spacial score (nSPS) is 14.4. The molecule has 148 valence electrons. The average molecular weight is 407 g/mol. The van der Waals surface area contributed by atoms with E-state index >= 15 is 0 Å². The molecule has 7 heteroatoms. The van der Waals surface area contributed by atoms with Crippen LogP contribution >= 0.6 is 11.8 Å². The van der Waals surface area contributed by atoms with Gasteiger partial charge in [-0.15, -0.1) is 10.2 Å². The van der Waals surface area contributed by atoms with Gasteiger partial charge in [-0.2, -0.15) is 0 Å². The molecule has 1 N–H and O–H groups in total. The number of thioether (sulfide) groups is 1. The Morgan fingerprint density at radius 3 is 2.45 bits per heavy atom. The molecule has 1 amide bonds. The van der Waals surface area contributed by atoms with E-state index < -0.39 is 5.25 Å². The third-order valence-electron chi connectivity index (χ3n) is 4.83. The summed E-state index contributed by atoms with van der Waals surface area (Å²) in [5.74, 6) is 1.12. The molecule has 1 atom stereocenters. The van der Waals surface area contributed by atoms with Gasteiger partial charge in [-0.25, -0.2) is 0 Å². The van der Waals surface area contributed by atoms with Crippen molar-refractivity contribution in [1.29, 1.82) is 0 Å². The average Bonchev–Trinajstić information content (AvgIpc) is 3.49. The zero-order chi connectivity index (χ0) is 20.4. The van der Waals surface area contributed by atoms with Crippen LogP contribution in [0.4, 0.5) is 5.69 Å². The molecule has 1 fully saturated rings. The minimum Gasteiger partial charge on any atom is -0.324 e. The fourth-order valence-corrected chi connectivity index (χ4v) is 4.00. The second-order valence-corrected chi connectivity index (χ2v) is 8.45. The van der Waals surface area contributed by atoms with Gasteiger partial charge in [0.05, 0.1) is 10.9 Å². The maximum atomic E-state index is 12.8. The summed E-state index contributed by atoms with van der Waals surface area (Å²) in [5, 5.41) is 11.9. The Balaban J connectivity index is 1.55. The van der Waals surface area contributed by atoms with Crippen molar-refractivity contribution in [1.82, 2.24) is 14.8 Å². The van der Waals surface area contributed by atoms with Gasteiger partial charge in [0.2, 0.25) is 5.91 Å². The number of amides is 1. The van der Waals surface area contributed by atoms with Crippen molar-refractivity contribution in [2.24, 2.45) is 0 Å². The molecule has 1 aromatic heterocycles. The summed E-state index contributed by atoms with van der Waals surface area (Å²) >= 11 is 1.37. The second-order valence-electron chi connectivity index (χ2n) is 7.14. The summed E-state index contributed by atoms with van der Waals surface area (Å²) < 4.78 is 2.05. The van der Waals surface area contributed by atoms with Gasteiger partial charge >= 0.3 is 0 Å². The van der Waals surface area contributed by atoms with Crippen molar-refractivity contribution >= 4 is 29.1 Å². The first kappa shape index (κ1) is 19.4. The predicted molar refractivity (Wildman–Crippen MR) is 114 cm³/mol. The molecule has 1 aliphatic rings. The minimum atomic E-state index is -0.409. The highest BCUT2D eigenvalue weighted by Crippen LogP contribution is 2.41. The number of aromatic nitrogens is 3. The van der Waals surface area contributed by atoms with E-state index in [9.17, 15) is 9.59 Å². The SMILES string of the molecule is CC(=O)c1ccccc1NC(=O)[C@@H](C)Sc1nnc(C2CC2)n1-c1ccccc1. The Hall–Kier alpha value is -2.93. The highest BCUT2D eigenvalue weighted by atomic mass is 32.2. The number of ketones is 1. The summed E-state index contributed by atoms with van der Waals surface area (Å²) in [5.41, 5.74) is 2.03. The van der Waals surface area contributed by atoms with Crippen LogP contribution in [-0.2, 0) is 4.79 Å². The van der Waals surface area contributed by atoms with Gasteiger partial charge in [-0.3, -0.25) is 14.2 Å². The lowest BCUT2D eigenvalue weighted by Gasteiger charge is -2.15. The van der Waals surface area contributed by atoms with E-state index in [-0.39, 0.29) is 11.7 Å². The lowest BCUT2D eigenvalue weighted by atomic mass is 10.1. The Labute approximate surface area is 173 Å². The molecule has 0 unspecified atom stereocenters. The van der Waals surface area contributed by atoms with E-state index in [0.717, 1.165) is 24.4 Å². The van der Waals surface area contributed by atoms with Crippen molar-refractivity contribution in [2.45, 2.75) is 43.0 Å². The summed E-state index contributed by atoms with van der Waals surface area (Å²) in [6, 6.07) is 17.0. The lowest BCUT2D eigenvalue weighted by molar-refractivity contribution is -0.115. The molecule has 29 heavy (non-hydrogen) atoms. The monoisotopic (exact) mass is 406 g/mol. The first-order valence-electron chi connectivity index (χ1n) is 9.63. The largest absolute Gasteiger partial charge is 0.324 e. The van der Waals surface area contributed by atoms with Crippen LogP contribution in [0.1, 0.15) is 48.8 Å². The van der Waals surface area contributed by atoms with E-state index in [4.69, 9.17) is 0 Å². The summed E-state index contributed by atoms with van der Waals surface area (Å²) in [4.78, 5) is 24.6. The predicted octanol–water partition coefficient (Wildman–Crippen LogP) is 4.47. The molecule has 3 aromatic rings. The lowest BCUT2D eigenvalue weighted by Crippen LogP contribution is -2.24. The van der Waals surface area contributed by atoms with E-state index in [1.54, 1.807) is 24.3 Å². The molecule has 0 aliphatic heterocycles. The third-order valence-corrected chi connectivity index (χ3v) is 5.87. The van der Waals surface area contributed by atoms with E-state index in [1.807, 2.05) is 37.3 Å². The molecule has 4 rings (SSSR count). The van der Waals surface area contributed by atoms with E-state index in [0.29, 0.717) is 22.3 Å². The van der Waals surface area contributed by atoms with Crippen molar-refractivity contribution in [3.8, 4) is 5.69 Å². The van der Waals surface area contributed by atoms with Crippen molar-refractivity contribution in [2.75, 3.05) is 5.32 Å². The minimum absolute atomic E-state index is 0.0842. The maximum absolute atomic E-state index is 12.8. The fourth-order valence-electron chi connectivity index (χ4n) is 3.13. The van der Waals surface area contributed by atoms with Gasteiger partial charge in [-0.1, -0.05) is 42.1 Å². The first-order valence-corrected chi connectivity index (χ1v) is 10.5.